The molecule has 4 N–H and O–H groups in total. The largest absolute Gasteiger partial charge is 0.457 e. The van der Waals surface area contributed by atoms with Gasteiger partial charge in [-0.2, -0.15) is 8.42 Å². The van der Waals surface area contributed by atoms with Crippen LogP contribution in [-0.4, -0.2) is 97.5 Å². The summed E-state index contributed by atoms with van der Waals surface area (Å²) in [6.45, 7) is 3.55. The normalized spacial score (nSPS) is 23.0. The second kappa shape index (κ2) is 25.9. The van der Waals surface area contributed by atoms with Crippen LogP contribution in [0.1, 0.15) is 123 Å². The lowest BCUT2D eigenvalue weighted by Crippen LogP contribution is -2.60. The van der Waals surface area contributed by atoms with Crippen LogP contribution in [0.5, 0.6) is 0 Å². The highest BCUT2D eigenvalue weighted by Gasteiger charge is 2.48. The first kappa shape index (κ1) is 41.9. The van der Waals surface area contributed by atoms with E-state index in [0.29, 0.717) is 13.0 Å². The number of ether oxygens (including phenoxy) is 4. The number of aliphatic hydroxyl groups excluding tert-OH is 3. The number of aliphatic hydroxyl groups is 3. The Morgan fingerprint density at radius 2 is 1.40 bits per heavy atom. The van der Waals surface area contributed by atoms with E-state index in [1.54, 1.807) is 0 Å². The molecule has 0 radical (unpaired) electrons. The fourth-order valence-electron chi connectivity index (χ4n) is 5.06. The minimum absolute atomic E-state index is 0.0282. The van der Waals surface area contributed by atoms with Crippen molar-refractivity contribution in [3.8, 4) is 0 Å². The van der Waals surface area contributed by atoms with Crippen LogP contribution in [0.3, 0.4) is 0 Å². The summed E-state index contributed by atoms with van der Waals surface area (Å²) in [4.78, 5) is 12.1. The highest BCUT2D eigenvalue weighted by atomic mass is 32.3. The monoisotopic (exact) mass is 668 g/mol. The first-order chi connectivity index (χ1) is 21.6. The molecule has 0 aromatic rings. The maximum absolute atomic E-state index is 12.1. The van der Waals surface area contributed by atoms with Gasteiger partial charge in [0.25, 0.3) is 0 Å². The van der Waals surface area contributed by atoms with Crippen molar-refractivity contribution in [2.45, 2.75) is 160 Å². The Morgan fingerprint density at radius 3 is 1.96 bits per heavy atom. The van der Waals surface area contributed by atoms with Crippen molar-refractivity contribution in [2.75, 3.05) is 26.4 Å². The van der Waals surface area contributed by atoms with Gasteiger partial charge in [0.15, 0.2) is 6.29 Å². The van der Waals surface area contributed by atoms with E-state index in [-0.39, 0.29) is 19.6 Å². The van der Waals surface area contributed by atoms with Crippen LogP contribution in [-0.2, 0) is 38.3 Å². The molecule has 1 heterocycles. The van der Waals surface area contributed by atoms with Crippen LogP contribution < -0.4 is 0 Å². The van der Waals surface area contributed by atoms with E-state index in [2.05, 4.69) is 23.3 Å². The number of esters is 1. The summed E-state index contributed by atoms with van der Waals surface area (Å²) >= 11 is 0. The average Bonchev–Trinajstić information content (AvgIpc) is 2.99. The third-order valence-electron chi connectivity index (χ3n) is 7.61. The molecule has 6 atom stereocenters. The molecule has 45 heavy (non-hydrogen) atoms. The van der Waals surface area contributed by atoms with Gasteiger partial charge in [0.2, 0.25) is 0 Å². The molecule has 0 aliphatic carbocycles. The number of allylic oxidation sites excluding steroid dienone is 2. The Morgan fingerprint density at radius 1 is 0.822 bits per heavy atom. The predicted octanol–water partition coefficient (Wildman–Crippen LogP) is 4.79. The molecular weight excluding hydrogens is 608 g/mol. The molecule has 1 saturated heterocycles. The smallest absolute Gasteiger partial charge is 0.397 e. The van der Waals surface area contributed by atoms with Crippen LogP contribution in [0.2, 0.25) is 0 Å². The molecule has 0 spiro atoms. The van der Waals surface area contributed by atoms with Crippen LogP contribution in [0, 0.1) is 0 Å². The minimum atomic E-state index is -5.04. The molecule has 0 bridgehead atoms. The first-order valence-electron chi connectivity index (χ1n) is 16.9. The van der Waals surface area contributed by atoms with E-state index in [4.69, 9.17) is 23.5 Å². The molecular formula is C32H60O12S. The van der Waals surface area contributed by atoms with E-state index >= 15 is 0 Å². The Balaban J connectivity index is 2.29. The van der Waals surface area contributed by atoms with Gasteiger partial charge in [-0.1, -0.05) is 90.2 Å². The molecule has 12 nitrogen and oxygen atoms in total. The maximum atomic E-state index is 12.1. The van der Waals surface area contributed by atoms with Gasteiger partial charge in [-0.15, -0.1) is 0 Å². The average molecular weight is 669 g/mol. The minimum Gasteiger partial charge on any atom is -0.457 e. The molecule has 0 aromatic carbocycles. The zero-order valence-electron chi connectivity index (χ0n) is 27.4. The summed E-state index contributed by atoms with van der Waals surface area (Å²) in [7, 11) is -5.04. The molecule has 1 rings (SSSR count). The van der Waals surface area contributed by atoms with Gasteiger partial charge in [0.1, 0.15) is 30.5 Å². The first-order valence-corrected chi connectivity index (χ1v) is 18.3. The fourth-order valence-corrected chi connectivity index (χ4v) is 5.56. The van der Waals surface area contributed by atoms with Crippen LogP contribution in [0.15, 0.2) is 12.2 Å². The van der Waals surface area contributed by atoms with E-state index in [0.717, 1.165) is 25.7 Å². The van der Waals surface area contributed by atoms with E-state index in [9.17, 15) is 28.5 Å². The lowest BCUT2D eigenvalue weighted by Gasteiger charge is -2.41. The van der Waals surface area contributed by atoms with Crippen LogP contribution in [0.25, 0.3) is 0 Å². The second-order valence-corrected chi connectivity index (χ2v) is 12.8. The van der Waals surface area contributed by atoms with Gasteiger partial charge in [0, 0.05) is 13.0 Å². The summed E-state index contributed by atoms with van der Waals surface area (Å²) in [5, 5.41) is 30.1. The lowest BCUT2D eigenvalue weighted by atomic mass is 9.99. The lowest BCUT2D eigenvalue weighted by molar-refractivity contribution is -0.301. The van der Waals surface area contributed by atoms with E-state index in [1.165, 1.54) is 70.6 Å². The third kappa shape index (κ3) is 20.6. The number of hydrogen-bond donors (Lipinski definition) is 4. The van der Waals surface area contributed by atoms with E-state index in [1.807, 2.05) is 6.92 Å². The summed E-state index contributed by atoms with van der Waals surface area (Å²) in [6, 6.07) is 0. The Kier molecular flexibility index (Phi) is 24.1. The molecule has 0 aromatic heterocycles. The quantitative estimate of drug-likeness (QED) is 0.0389. The third-order valence-corrected chi connectivity index (χ3v) is 8.07. The SMILES string of the molecule is CCCCCCCCC/C=C\CCCCCCCCOCC(COC1OC(CO)C(O)C(OS(=O)(=O)O)C1O)OC(=O)CCC. The van der Waals surface area contributed by atoms with Gasteiger partial charge in [-0.25, -0.2) is 4.18 Å². The molecule has 0 amide bonds. The molecule has 0 saturated carbocycles. The highest BCUT2D eigenvalue weighted by molar-refractivity contribution is 7.80. The highest BCUT2D eigenvalue weighted by Crippen LogP contribution is 2.26. The summed E-state index contributed by atoms with van der Waals surface area (Å²) < 4.78 is 57.8. The number of carbonyl (C=O) groups is 1. The van der Waals surface area contributed by atoms with Crippen molar-refractivity contribution in [3.05, 3.63) is 12.2 Å². The van der Waals surface area contributed by atoms with Gasteiger partial charge < -0.3 is 34.3 Å². The summed E-state index contributed by atoms with van der Waals surface area (Å²) in [5.41, 5.74) is 0. The Bertz CT molecular complexity index is 868. The zero-order valence-corrected chi connectivity index (χ0v) is 28.2. The van der Waals surface area contributed by atoms with Crippen LogP contribution in [0.4, 0.5) is 0 Å². The zero-order chi connectivity index (χ0) is 33.3. The van der Waals surface area contributed by atoms with Gasteiger partial charge >= 0.3 is 16.4 Å². The molecule has 1 aliphatic heterocycles. The van der Waals surface area contributed by atoms with Crippen molar-refractivity contribution in [3.63, 3.8) is 0 Å². The van der Waals surface area contributed by atoms with Crippen molar-refractivity contribution in [2.24, 2.45) is 0 Å². The standard InChI is InChI=1S/C32H60O12S/c1-3-5-6-7-8-9-10-11-12-13-14-15-16-17-18-19-20-22-40-24-26(42-28(34)21-4-2)25-41-32-30(36)31(44-45(37,38)39)29(35)27(23-33)43-32/h12-13,26-27,29-33,35-36H,3-11,14-25H2,1-2H3,(H,37,38,39)/b13-12-. The molecule has 1 aliphatic rings. The van der Waals surface area contributed by atoms with Gasteiger partial charge in [-0.3, -0.25) is 9.35 Å². The summed E-state index contributed by atoms with van der Waals surface area (Å²) in [6.07, 6.45) is 14.5. The maximum Gasteiger partial charge on any atom is 0.397 e. The predicted molar refractivity (Wildman–Crippen MR) is 170 cm³/mol. The number of hydrogen-bond acceptors (Lipinski definition) is 11. The van der Waals surface area contributed by atoms with Gasteiger partial charge in [0.05, 0.1) is 19.8 Å². The number of unbranched alkanes of at least 4 members (excludes halogenated alkanes) is 13. The second-order valence-electron chi connectivity index (χ2n) is 11.8. The molecule has 13 heteroatoms. The van der Waals surface area contributed by atoms with Crippen molar-refractivity contribution < 1.29 is 56.2 Å². The molecule has 1 fully saturated rings. The summed E-state index contributed by atoms with van der Waals surface area (Å²) in [5.74, 6) is -0.455. The Labute approximate surface area is 270 Å². The number of rotatable bonds is 28. The van der Waals surface area contributed by atoms with Crippen molar-refractivity contribution >= 4 is 16.4 Å². The molecule has 6 unspecified atom stereocenters. The molecule has 266 valence electrons. The fraction of sp³-hybridized carbons (Fsp3) is 0.906. The van der Waals surface area contributed by atoms with Crippen molar-refractivity contribution in [1.29, 1.82) is 0 Å². The van der Waals surface area contributed by atoms with E-state index < -0.39 is 59.8 Å². The topological polar surface area (TPSA) is 178 Å². The van der Waals surface area contributed by atoms with Crippen LogP contribution >= 0.6 is 0 Å². The Hall–Kier alpha value is -1.16. The van der Waals surface area contributed by atoms with Gasteiger partial charge in [-0.05, 0) is 38.5 Å². The number of carbonyl (C=O) groups excluding carboxylic acids is 1. The van der Waals surface area contributed by atoms with Crippen molar-refractivity contribution in [1.82, 2.24) is 0 Å².